The molecule has 4 heteroatoms. The molecule has 1 N–H and O–H groups in total. The summed E-state index contributed by atoms with van der Waals surface area (Å²) >= 11 is 0. The molecule has 0 aliphatic heterocycles. The SMILES string of the molecule is Cc1oc2c(c(C)cc3o/c(=N\O)c4c(c32)CCCC4)c1C. The van der Waals surface area contributed by atoms with Crippen LogP contribution in [0.2, 0.25) is 0 Å². The van der Waals surface area contributed by atoms with Crippen molar-refractivity contribution in [1.82, 2.24) is 0 Å². The van der Waals surface area contributed by atoms with Crippen molar-refractivity contribution in [2.45, 2.75) is 46.5 Å². The van der Waals surface area contributed by atoms with E-state index in [1.807, 2.05) is 13.0 Å². The van der Waals surface area contributed by atoms with Gasteiger partial charge in [-0.2, -0.15) is 0 Å². The normalized spacial score (nSPS) is 15.7. The van der Waals surface area contributed by atoms with Crippen LogP contribution < -0.4 is 5.55 Å². The first-order chi connectivity index (χ1) is 10.6. The summed E-state index contributed by atoms with van der Waals surface area (Å²) in [5, 5.41) is 14.9. The average molecular weight is 297 g/mol. The maximum Gasteiger partial charge on any atom is 0.259 e. The van der Waals surface area contributed by atoms with E-state index in [0.717, 1.165) is 59.1 Å². The van der Waals surface area contributed by atoms with Gasteiger partial charge in [0.15, 0.2) is 0 Å². The van der Waals surface area contributed by atoms with E-state index in [2.05, 4.69) is 19.0 Å². The second-order valence-electron chi connectivity index (χ2n) is 6.23. The van der Waals surface area contributed by atoms with E-state index in [-0.39, 0.29) is 0 Å². The summed E-state index contributed by atoms with van der Waals surface area (Å²) in [6, 6.07) is 2.03. The lowest BCUT2D eigenvalue weighted by molar-refractivity contribution is 0.274. The zero-order valence-electron chi connectivity index (χ0n) is 13.1. The smallest absolute Gasteiger partial charge is 0.259 e. The third-order valence-electron chi connectivity index (χ3n) is 4.93. The van der Waals surface area contributed by atoms with Crippen LogP contribution in [0.3, 0.4) is 0 Å². The molecule has 1 aromatic carbocycles. The van der Waals surface area contributed by atoms with Crippen LogP contribution in [0.15, 0.2) is 20.1 Å². The molecular formula is C18H19NO3. The fourth-order valence-corrected chi connectivity index (χ4v) is 3.76. The lowest BCUT2D eigenvalue weighted by Gasteiger charge is -2.17. The van der Waals surface area contributed by atoms with Crippen molar-refractivity contribution in [2.24, 2.45) is 5.16 Å². The molecule has 0 spiro atoms. The highest BCUT2D eigenvalue weighted by molar-refractivity contribution is 6.07. The van der Waals surface area contributed by atoms with Gasteiger partial charge in [0.25, 0.3) is 5.55 Å². The molecule has 0 unspecified atom stereocenters. The number of hydrogen-bond donors (Lipinski definition) is 1. The van der Waals surface area contributed by atoms with Gasteiger partial charge in [0.2, 0.25) is 0 Å². The third-order valence-corrected chi connectivity index (χ3v) is 4.93. The Morgan fingerprint density at radius 3 is 2.45 bits per heavy atom. The Balaban J connectivity index is 2.29. The molecule has 0 fully saturated rings. The van der Waals surface area contributed by atoms with Gasteiger partial charge in [-0.05, 0) is 74.4 Å². The molecule has 0 saturated heterocycles. The molecule has 4 rings (SSSR count). The second-order valence-corrected chi connectivity index (χ2v) is 6.23. The molecule has 2 aromatic heterocycles. The Labute approximate surface area is 128 Å². The second kappa shape index (κ2) is 4.63. The van der Waals surface area contributed by atoms with Crippen molar-refractivity contribution in [3.8, 4) is 0 Å². The van der Waals surface area contributed by atoms with Crippen molar-refractivity contribution in [2.75, 3.05) is 0 Å². The number of nitrogens with zero attached hydrogens (tertiary/aromatic N) is 1. The molecule has 0 radical (unpaired) electrons. The minimum absolute atomic E-state index is 0.348. The van der Waals surface area contributed by atoms with Crippen molar-refractivity contribution in [3.05, 3.63) is 39.6 Å². The molecule has 22 heavy (non-hydrogen) atoms. The van der Waals surface area contributed by atoms with Crippen molar-refractivity contribution >= 4 is 21.9 Å². The third kappa shape index (κ3) is 1.67. The Morgan fingerprint density at radius 1 is 1.00 bits per heavy atom. The van der Waals surface area contributed by atoms with Crippen molar-refractivity contribution in [3.63, 3.8) is 0 Å². The highest BCUT2D eigenvalue weighted by Gasteiger charge is 2.22. The number of rotatable bonds is 0. The molecular weight excluding hydrogens is 278 g/mol. The van der Waals surface area contributed by atoms with Crippen molar-refractivity contribution < 1.29 is 14.0 Å². The minimum Gasteiger partial charge on any atom is -0.460 e. The lowest BCUT2D eigenvalue weighted by Crippen LogP contribution is -2.17. The van der Waals surface area contributed by atoms with E-state index in [1.165, 1.54) is 16.5 Å². The fraction of sp³-hybridized carbons (Fsp3) is 0.389. The maximum atomic E-state index is 9.29. The summed E-state index contributed by atoms with van der Waals surface area (Å²) in [5.41, 5.74) is 6.57. The molecule has 0 saturated carbocycles. The quantitative estimate of drug-likeness (QED) is 0.498. The van der Waals surface area contributed by atoms with Gasteiger partial charge in [0.1, 0.15) is 16.9 Å². The van der Waals surface area contributed by atoms with Gasteiger partial charge in [-0.1, -0.05) is 0 Å². The molecule has 0 bridgehead atoms. The van der Waals surface area contributed by atoms with Crippen LogP contribution in [0.25, 0.3) is 21.9 Å². The Kier molecular flexibility index (Phi) is 2.83. The molecule has 4 nitrogen and oxygen atoms in total. The van der Waals surface area contributed by atoms with Crippen LogP contribution in [0.1, 0.15) is 40.9 Å². The van der Waals surface area contributed by atoms with Gasteiger partial charge in [-0.15, -0.1) is 0 Å². The maximum absolute atomic E-state index is 9.29. The van der Waals surface area contributed by atoms with Crippen LogP contribution in [-0.4, -0.2) is 5.21 Å². The Bertz CT molecular complexity index is 976. The van der Waals surface area contributed by atoms with Crippen LogP contribution in [0, 0.1) is 20.8 Å². The van der Waals surface area contributed by atoms with Gasteiger partial charge >= 0.3 is 0 Å². The van der Waals surface area contributed by atoms with Crippen LogP contribution in [-0.2, 0) is 12.8 Å². The van der Waals surface area contributed by atoms with Gasteiger partial charge in [0, 0.05) is 10.9 Å². The summed E-state index contributed by atoms with van der Waals surface area (Å²) in [6.07, 6.45) is 4.11. The molecule has 1 aliphatic rings. The van der Waals surface area contributed by atoms with E-state index in [1.54, 1.807) is 0 Å². The van der Waals surface area contributed by atoms with Crippen LogP contribution in [0.4, 0.5) is 0 Å². The highest BCUT2D eigenvalue weighted by atomic mass is 16.5. The lowest BCUT2D eigenvalue weighted by atomic mass is 9.89. The molecule has 0 atom stereocenters. The van der Waals surface area contributed by atoms with E-state index in [0.29, 0.717) is 5.55 Å². The number of aryl methyl sites for hydroxylation is 4. The first kappa shape index (κ1) is 13.4. The molecule has 0 amide bonds. The van der Waals surface area contributed by atoms with Gasteiger partial charge in [-0.3, -0.25) is 0 Å². The van der Waals surface area contributed by atoms with E-state index in [9.17, 15) is 5.21 Å². The summed E-state index contributed by atoms with van der Waals surface area (Å²) in [4.78, 5) is 0. The minimum atomic E-state index is 0.348. The predicted molar refractivity (Wildman–Crippen MR) is 84.2 cm³/mol. The van der Waals surface area contributed by atoms with Crippen LogP contribution in [0.5, 0.6) is 0 Å². The van der Waals surface area contributed by atoms with E-state index < -0.39 is 0 Å². The first-order valence-electron chi connectivity index (χ1n) is 7.77. The van der Waals surface area contributed by atoms with E-state index in [4.69, 9.17) is 8.83 Å². The molecule has 2 heterocycles. The fourth-order valence-electron chi connectivity index (χ4n) is 3.76. The van der Waals surface area contributed by atoms with Gasteiger partial charge in [-0.25, -0.2) is 0 Å². The Morgan fingerprint density at radius 2 is 1.73 bits per heavy atom. The summed E-state index contributed by atoms with van der Waals surface area (Å²) in [6.45, 7) is 6.16. The highest BCUT2D eigenvalue weighted by Crippen LogP contribution is 2.37. The monoisotopic (exact) mass is 297 g/mol. The average Bonchev–Trinajstić information content (AvgIpc) is 2.82. The Hall–Kier alpha value is -2.23. The number of fused-ring (bicyclic) bond motifs is 5. The number of benzene rings is 1. The molecule has 3 aromatic rings. The zero-order chi connectivity index (χ0) is 15.4. The first-order valence-corrected chi connectivity index (χ1v) is 7.77. The summed E-state index contributed by atoms with van der Waals surface area (Å²) in [7, 11) is 0. The van der Waals surface area contributed by atoms with Crippen LogP contribution >= 0.6 is 0 Å². The van der Waals surface area contributed by atoms with Crippen molar-refractivity contribution in [1.29, 1.82) is 0 Å². The summed E-state index contributed by atoms with van der Waals surface area (Å²) in [5.74, 6) is 0.950. The topological polar surface area (TPSA) is 58.9 Å². The number of hydrogen-bond acceptors (Lipinski definition) is 4. The largest absolute Gasteiger partial charge is 0.460 e. The zero-order valence-corrected chi connectivity index (χ0v) is 13.1. The summed E-state index contributed by atoms with van der Waals surface area (Å²) < 4.78 is 12.0. The van der Waals surface area contributed by atoms with Gasteiger partial charge < -0.3 is 14.0 Å². The molecule has 1 aliphatic carbocycles. The number of furan rings is 1. The van der Waals surface area contributed by atoms with E-state index >= 15 is 0 Å². The predicted octanol–water partition coefficient (Wildman–Crippen LogP) is 4.27. The molecule has 114 valence electrons. The standard InChI is InChI=1S/C18H19NO3/c1-9-8-14-16(17-15(9)10(2)11(3)21-17)12-6-4-5-7-13(12)18(19-20)22-14/h8,20H,4-7H2,1-3H3/b19-18-. The van der Waals surface area contributed by atoms with Gasteiger partial charge in [0.05, 0.1) is 5.39 Å².